The Balaban J connectivity index is 1.42. The lowest BCUT2D eigenvalue weighted by Crippen LogP contribution is -2.49. The van der Waals surface area contributed by atoms with Gasteiger partial charge in [0.25, 0.3) is 5.91 Å². The van der Waals surface area contributed by atoms with Crippen molar-refractivity contribution >= 4 is 23.3 Å². The van der Waals surface area contributed by atoms with Crippen molar-refractivity contribution < 1.29 is 18.7 Å². The molecule has 0 radical (unpaired) electrons. The van der Waals surface area contributed by atoms with Crippen LogP contribution in [-0.2, 0) is 6.54 Å². The Morgan fingerprint density at radius 1 is 1.00 bits per heavy atom. The highest BCUT2D eigenvalue weighted by atomic mass is 19.1. The number of anilines is 2. The van der Waals surface area contributed by atoms with E-state index >= 15 is 0 Å². The van der Waals surface area contributed by atoms with Crippen LogP contribution in [0.1, 0.15) is 22.3 Å². The molecule has 3 aromatic rings. The average molecular weight is 433 g/mol. The number of nitrogens with one attached hydrogen (secondary N) is 1. The summed E-state index contributed by atoms with van der Waals surface area (Å²) in [7, 11) is 1.62. The number of nitrogens with zero attached hydrogens (tertiary/aromatic N) is 2. The Kier molecular flexibility index (Phi) is 6.35. The zero-order valence-electron chi connectivity index (χ0n) is 17.8. The van der Waals surface area contributed by atoms with E-state index in [1.807, 2.05) is 29.2 Å². The van der Waals surface area contributed by atoms with Crippen LogP contribution >= 0.6 is 0 Å². The number of hydrogen-bond acceptors (Lipinski definition) is 3. The summed E-state index contributed by atoms with van der Waals surface area (Å²) in [6.45, 7) is 1.84. The van der Waals surface area contributed by atoms with E-state index in [0.29, 0.717) is 25.3 Å². The topological polar surface area (TPSA) is 61.9 Å². The van der Waals surface area contributed by atoms with Crippen molar-refractivity contribution in [2.45, 2.75) is 13.0 Å². The van der Waals surface area contributed by atoms with Gasteiger partial charge >= 0.3 is 6.03 Å². The minimum Gasteiger partial charge on any atom is -0.497 e. The van der Waals surface area contributed by atoms with Gasteiger partial charge in [-0.05, 0) is 60.5 Å². The van der Waals surface area contributed by atoms with Gasteiger partial charge in [-0.3, -0.25) is 9.69 Å². The van der Waals surface area contributed by atoms with Gasteiger partial charge in [-0.25, -0.2) is 9.18 Å². The molecule has 0 aromatic heterocycles. The summed E-state index contributed by atoms with van der Waals surface area (Å²) in [5, 5.41) is 2.69. The van der Waals surface area contributed by atoms with Gasteiger partial charge in [-0.2, -0.15) is 0 Å². The van der Waals surface area contributed by atoms with Gasteiger partial charge in [0.1, 0.15) is 11.6 Å². The van der Waals surface area contributed by atoms with E-state index in [-0.39, 0.29) is 11.6 Å². The Morgan fingerprint density at radius 3 is 2.41 bits per heavy atom. The molecule has 0 unspecified atom stereocenters. The van der Waals surface area contributed by atoms with Crippen LogP contribution in [0.5, 0.6) is 5.75 Å². The molecule has 1 N–H and O–H groups in total. The number of ether oxygens (including phenoxy) is 1. The lowest BCUT2D eigenvalue weighted by molar-refractivity contribution is 0.102. The van der Waals surface area contributed by atoms with E-state index in [4.69, 9.17) is 4.74 Å². The highest BCUT2D eigenvalue weighted by Gasteiger charge is 2.26. The largest absolute Gasteiger partial charge is 0.497 e. The van der Waals surface area contributed by atoms with E-state index in [1.54, 1.807) is 42.3 Å². The van der Waals surface area contributed by atoms with Crippen molar-refractivity contribution in [3.05, 3.63) is 89.7 Å². The molecule has 3 aromatic carbocycles. The van der Waals surface area contributed by atoms with Crippen LogP contribution in [0.15, 0.2) is 72.8 Å². The van der Waals surface area contributed by atoms with Crippen molar-refractivity contribution in [3.8, 4) is 5.75 Å². The summed E-state index contributed by atoms with van der Waals surface area (Å²) in [5.74, 6) is -0.310. The molecule has 1 fully saturated rings. The summed E-state index contributed by atoms with van der Waals surface area (Å²) in [6.07, 6.45) is 0.855. The number of carbonyl (C=O) groups is 2. The fourth-order valence-corrected chi connectivity index (χ4v) is 3.69. The first-order chi connectivity index (χ1) is 15.5. The Morgan fingerprint density at radius 2 is 1.72 bits per heavy atom. The maximum Gasteiger partial charge on any atom is 0.324 e. The number of hydrogen-bond donors (Lipinski definition) is 1. The number of benzene rings is 3. The number of carbonyl (C=O) groups excluding carboxylic acids is 2. The van der Waals surface area contributed by atoms with Crippen LogP contribution < -0.4 is 15.0 Å². The molecule has 0 spiro atoms. The second-order valence-corrected chi connectivity index (χ2v) is 7.54. The highest BCUT2D eigenvalue weighted by Crippen LogP contribution is 2.24. The molecular formula is C25H24FN3O3. The Labute approximate surface area is 186 Å². The minimum atomic E-state index is -0.572. The highest BCUT2D eigenvalue weighted by molar-refractivity contribution is 6.04. The monoisotopic (exact) mass is 433 g/mol. The molecule has 0 saturated carbocycles. The second-order valence-electron chi connectivity index (χ2n) is 7.54. The van der Waals surface area contributed by atoms with Crippen LogP contribution in [-0.4, -0.2) is 37.0 Å². The molecule has 1 aliphatic rings. The van der Waals surface area contributed by atoms with Crippen molar-refractivity contribution in [1.29, 1.82) is 0 Å². The van der Waals surface area contributed by atoms with Crippen LogP contribution in [0.3, 0.4) is 0 Å². The lowest BCUT2D eigenvalue weighted by atomic mass is 10.1. The molecule has 0 bridgehead atoms. The smallest absolute Gasteiger partial charge is 0.324 e. The fourth-order valence-electron chi connectivity index (χ4n) is 3.69. The third-order valence-electron chi connectivity index (χ3n) is 5.40. The molecule has 7 heteroatoms. The first-order valence-electron chi connectivity index (χ1n) is 10.4. The van der Waals surface area contributed by atoms with Crippen LogP contribution in [0.4, 0.5) is 20.6 Å². The summed E-state index contributed by atoms with van der Waals surface area (Å²) in [5.41, 5.74) is 2.30. The zero-order valence-corrected chi connectivity index (χ0v) is 17.8. The van der Waals surface area contributed by atoms with Crippen molar-refractivity contribution in [1.82, 2.24) is 4.90 Å². The van der Waals surface area contributed by atoms with Gasteiger partial charge in [-0.1, -0.05) is 24.3 Å². The maximum absolute atomic E-state index is 13.8. The predicted octanol–water partition coefficient (Wildman–Crippen LogP) is 4.92. The number of rotatable bonds is 6. The molecule has 32 heavy (non-hydrogen) atoms. The zero-order chi connectivity index (χ0) is 22.5. The quantitative estimate of drug-likeness (QED) is 0.600. The fraction of sp³-hybridized carbons (Fsp3) is 0.200. The van der Waals surface area contributed by atoms with Crippen molar-refractivity contribution in [2.75, 3.05) is 30.4 Å². The van der Waals surface area contributed by atoms with Gasteiger partial charge in [0.05, 0.1) is 12.7 Å². The lowest BCUT2D eigenvalue weighted by Gasteiger charge is -2.35. The van der Waals surface area contributed by atoms with Crippen molar-refractivity contribution in [3.63, 3.8) is 0 Å². The summed E-state index contributed by atoms with van der Waals surface area (Å²) >= 11 is 0. The van der Waals surface area contributed by atoms with Gasteiger partial charge in [0.2, 0.25) is 0 Å². The van der Waals surface area contributed by atoms with E-state index in [9.17, 15) is 14.0 Å². The average Bonchev–Trinajstić information content (AvgIpc) is 2.82. The van der Waals surface area contributed by atoms with Gasteiger partial charge in [-0.15, -0.1) is 0 Å². The number of methoxy groups -OCH3 is 1. The Hall–Kier alpha value is -3.87. The SMILES string of the molecule is COc1ccc(CN2CCCN(c3ccc(NC(=O)c4ccccc4F)cc3)C2=O)cc1. The maximum atomic E-state index is 13.8. The minimum absolute atomic E-state index is 0.0167. The summed E-state index contributed by atoms with van der Waals surface area (Å²) in [6, 6.07) is 20.4. The van der Waals surface area contributed by atoms with E-state index in [0.717, 1.165) is 23.4 Å². The normalized spacial score (nSPS) is 13.8. The molecule has 1 saturated heterocycles. The molecule has 0 atom stereocenters. The molecule has 1 aliphatic heterocycles. The molecule has 4 rings (SSSR count). The summed E-state index contributed by atoms with van der Waals surface area (Å²) < 4.78 is 19.0. The van der Waals surface area contributed by atoms with E-state index in [1.165, 1.54) is 18.2 Å². The van der Waals surface area contributed by atoms with Gasteiger partial charge < -0.3 is 15.0 Å². The van der Waals surface area contributed by atoms with E-state index in [2.05, 4.69) is 5.32 Å². The third kappa shape index (κ3) is 4.72. The molecule has 0 aliphatic carbocycles. The van der Waals surface area contributed by atoms with E-state index < -0.39 is 11.7 Å². The molecule has 1 heterocycles. The van der Waals surface area contributed by atoms with Gasteiger partial charge in [0, 0.05) is 31.0 Å². The number of urea groups is 1. The van der Waals surface area contributed by atoms with Crippen molar-refractivity contribution in [2.24, 2.45) is 0 Å². The number of halogens is 1. The first-order valence-corrected chi connectivity index (χ1v) is 10.4. The third-order valence-corrected chi connectivity index (χ3v) is 5.40. The predicted molar refractivity (Wildman–Crippen MR) is 122 cm³/mol. The standard InChI is InChI=1S/C25H24FN3O3/c1-32-21-13-7-18(8-14-21)17-28-15-4-16-29(25(28)31)20-11-9-19(10-12-20)27-24(30)22-5-2-3-6-23(22)26/h2-3,5-14H,4,15-17H2,1H3,(H,27,30). The number of amides is 3. The second kappa shape index (κ2) is 9.51. The van der Waals surface area contributed by atoms with Crippen LogP contribution in [0, 0.1) is 5.82 Å². The van der Waals surface area contributed by atoms with Crippen LogP contribution in [0.25, 0.3) is 0 Å². The summed E-state index contributed by atoms with van der Waals surface area (Å²) in [4.78, 5) is 28.9. The molecular weight excluding hydrogens is 409 g/mol. The molecule has 6 nitrogen and oxygen atoms in total. The van der Waals surface area contributed by atoms with Crippen LogP contribution in [0.2, 0.25) is 0 Å². The Bertz CT molecular complexity index is 1100. The molecule has 164 valence electrons. The first kappa shape index (κ1) is 21.4. The van der Waals surface area contributed by atoms with Gasteiger partial charge in [0.15, 0.2) is 0 Å². The molecule has 3 amide bonds.